The van der Waals surface area contributed by atoms with Gasteiger partial charge in [0.25, 0.3) is 0 Å². The zero-order valence-electron chi connectivity index (χ0n) is 9.86. The second-order valence-electron chi connectivity index (χ2n) is 4.08. The smallest absolute Gasteiger partial charge is 0.227 e. The van der Waals surface area contributed by atoms with Gasteiger partial charge in [-0.05, 0) is 18.6 Å². The van der Waals surface area contributed by atoms with Crippen LogP contribution in [0.5, 0.6) is 5.75 Å². The number of nitrogens with one attached hydrogen (secondary N) is 1. The standard InChI is InChI=1S/C13H19NO2/c1-3-4-6-10(2)13(16)14-11-7-5-8-12(15)9-11/h5,7-10,15H,3-4,6H2,1-2H3,(H,14,16). The van der Waals surface area contributed by atoms with E-state index < -0.39 is 0 Å². The van der Waals surface area contributed by atoms with Crippen molar-refractivity contribution in [2.75, 3.05) is 5.32 Å². The molecule has 0 fully saturated rings. The maximum Gasteiger partial charge on any atom is 0.227 e. The van der Waals surface area contributed by atoms with Gasteiger partial charge in [-0.25, -0.2) is 0 Å². The Hall–Kier alpha value is -1.51. The number of hydrogen-bond acceptors (Lipinski definition) is 2. The van der Waals surface area contributed by atoms with Crippen molar-refractivity contribution in [2.24, 2.45) is 5.92 Å². The molecule has 0 bridgehead atoms. The lowest BCUT2D eigenvalue weighted by molar-refractivity contribution is -0.119. The second-order valence-corrected chi connectivity index (χ2v) is 4.08. The van der Waals surface area contributed by atoms with Crippen molar-refractivity contribution in [3.8, 4) is 5.75 Å². The number of rotatable bonds is 5. The van der Waals surface area contributed by atoms with Crippen LogP contribution in [0.25, 0.3) is 0 Å². The van der Waals surface area contributed by atoms with Gasteiger partial charge in [-0.15, -0.1) is 0 Å². The molecule has 0 saturated carbocycles. The van der Waals surface area contributed by atoms with Crippen LogP contribution in [0.4, 0.5) is 5.69 Å². The molecule has 1 aromatic carbocycles. The van der Waals surface area contributed by atoms with E-state index >= 15 is 0 Å². The molecule has 0 aliphatic carbocycles. The summed E-state index contributed by atoms with van der Waals surface area (Å²) < 4.78 is 0. The molecule has 0 radical (unpaired) electrons. The maximum atomic E-state index is 11.7. The summed E-state index contributed by atoms with van der Waals surface area (Å²) in [5.74, 6) is 0.195. The van der Waals surface area contributed by atoms with E-state index in [4.69, 9.17) is 0 Å². The third kappa shape index (κ3) is 3.93. The topological polar surface area (TPSA) is 49.3 Å². The quantitative estimate of drug-likeness (QED) is 0.802. The van der Waals surface area contributed by atoms with Crippen molar-refractivity contribution in [1.82, 2.24) is 0 Å². The van der Waals surface area contributed by atoms with Crippen molar-refractivity contribution < 1.29 is 9.90 Å². The molecule has 0 aliphatic rings. The molecule has 0 saturated heterocycles. The Kier molecular flexibility index (Phi) is 4.83. The zero-order valence-corrected chi connectivity index (χ0v) is 9.86. The maximum absolute atomic E-state index is 11.7. The van der Waals surface area contributed by atoms with Gasteiger partial charge < -0.3 is 10.4 Å². The molecule has 0 aromatic heterocycles. The Morgan fingerprint density at radius 2 is 2.25 bits per heavy atom. The molecule has 2 N–H and O–H groups in total. The summed E-state index contributed by atoms with van der Waals surface area (Å²) in [6.07, 6.45) is 3.07. The molecule has 3 nitrogen and oxygen atoms in total. The molecule has 0 spiro atoms. The molecule has 1 atom stereocenters. The highest BCUT2D eigenvalue weighted by Gasteiger charge is 2.12. The lowest BCUT2D eigenvalue weighted by Gasteiger charge is -2.11. The highest BCUT2D eigenvalue weighted by atomic mass is 16.3. The first kappa shape index (κ1) is 12.6. The predicted molar refractivity (Wildman–Crippen MR) is 65.4 cm³/mol. The first-order valence-corrected chi connectivity index (χ1v) is 5.73. The number of amides is 1. The minimum Gasteiger partial charge on any atom is -0.508 e. The lowest BCUT2D eigenvalue weighted by atomic mass is 10.0. The molecular weight excluding hydrogens is 202 g/mol. The van der Waals surface area contributed by atoms with Crippen LogP contribution in [0.15, 0.2) is 24.3 Å². The SMILES string of the molecule is CCCCC(C)C(=O)Nc1cccc(O)c1. The average molecular weight is 221 g/mol. The Bertz CT molecular complexity index is 350. The Labute approximate surface area is 96.5 Å². The molecule has 1 aromatic rings. The first-order chi connectivity index (χ1) is 7.63. The molecule has 1 amide bonds. The van der Waals surface area contributed by atoms with Crippen LogP contribution < -0.4 is 5.32 Å². The zero-order chi connectivity index (χ0) is 12.0. The third-order valence-electron chi connectivity index (χ3n) is 2.55. The van der Waals surface area contributed by atoms with Crippen LogP contribution in [-0.2, 0) is 4.79 Å². The van der Waals surface area contributed by atoms with E-state index in [1.165, 1.54) is 0 Å². The van der Waals surface area contributed by atoms with E-state index in [0.717, 1.165) is 19.3 Å². The Morgan fingerprint density at radius 1 is 1.50 bits per heavy atom. The Morgan fingerprint density at radius 3 is 2.88 bits per heavy atom. The van der Waals surface area contributed by atoms with E-state index in [0.29, 0.717) is 5.69 Å². The van der Waals surface area contributed by atoms with E-state index in [-0.39, 0.29) is 17.6 Å². The summed E-state index contributed by atoms with van der Waals surface area (Å²) in [5, 5.41) is 12.0. The molecule has 0 aliphatic heterocycles. The van der Waals surface area contributed by atoms with Crippen molar-refractivity contribution in [1.29, 1.82) is 0 Å². The van der Waals surface area contributed by atoms with E-state index in [1.807, 2.05) is 6.92 Å². The van der Waals surface area contributed by atoms with Gasteiger partial charge in [0.2, 0.25) is 5.91 Å². The Balaban J connectivity index is 2.50. The van der Waals surface area contributed by atoms with E-state index in [1.54, 1.807) is 24.3 Å². The number of benzene rings is 1. The summed E-state index contributed by atoms with van der Waals surface area (Å²) in [6.45, 7) is 4.04. The van der Waals surface area contributed by atoms with E-state index in [2.05, 4.69) is 12.2 Å². The van der Waals surface area contributed by atoms with Crippen molar-refractivity contribution >= 4 is 11.6 Å². The number of carbonyl (C=O) groups is 1. The van der Waals surface area contributed by atoms with Crippen molar-refractivity contribution in [2.45, 2.75) is 33.1 Å². The second kappa shape index (κ2) is 6.16. The third-order valence-corrected chi connectivity index (χ3v) is 2.55. The monoisotopic (exact) mass is 221 g/mol. The highest BCUT2D eigenvalue weighted by Crippen LogP contribution is 2.17. The molecular formula is C13H19NO2. The van der Waals surface area contributed by atoms with Crippen molar-refractivity contribution in [3.05, 3.63) is 24.3 Å². The molecule has 1 rings (SSSR count). The number of anilines is 1. The van der Waals surface area contributed by atoms with Crippen LogP contribution in [-0.4, -0.2) is 11.0 Å². The molecule has 88 valence electrons. The van der Waals surface area contributed by atoms with Gasteiger partial charge in [-0.2, -0.15) is 0 Å². The normalized spacial score (nSPS) is 12.1. The number of phenols is 1. The van der Waals surface area contributed by atoms with Gasteiger partial charge in [0.1, 0.15) is 5.75 Å². The number of aromatic hydroxyl groups is 1. The van der Waals surface area contributed by atoms with Crippen molar-refractivity contribution in [3.63, 3.8) is 0 Å². The fraction of sp³-hybridized carbons (Fsp3) is 0.462. The largest absolute Gasteiger partial charge is 0.508 e. The first-order valence-electron chi connectivity index (χ1n) is 5.73. The minimum atomic E-state index is 0.0130. The summed E-state index contributed by atoms with van der Waals surface area (Å²) in [7, 11) is 0. The summed E-state index contributed by atoms with van der Waals surface area (Å²) in [4.78, 5) is 11.7. The number of carbonyl (C=O) groups excluding carboxylic acids is 1. The minimum absolute atomic E-state index is 0.0130. The summed E-state index contributed by atoms with van der Waals surface area (Å²) in [5.41, 5.74) is 0.647. The molecule has 1 unspecified atom stereocenters. The van der Waals surface area contributed by atoms with Gasteiger partial charge in [0.15, 0.2) is 0 Å². The van der Waals surface area contributed by atoms with Crippen LogP contribution >= 0.6 is 0 Å². The highest BCUT2D eigenvalue weighted by molar-refractivity contribution is 5.92. The number of hydrogen-bond donors (Lipinski definition) is 2. The van der Waals surface area contributed by atoms with Crippen LogP contribution in [0.3, 0.4) is 0 Å². The van der Waals surface area contributed by atoms with Gasteiger partial charge in [0, 0.05) is 17.7 Å². The summed E-state index contributed by atoms with van der Waals surface area (Å²) in [6, 6.07) is 6.60. The molecule has 3 heteroatoms. The lowest BCUT2D eigenvalue weighted by Crippen LogP contribution is -2.20. The van der Waals surface area contributed by atoms with Gasteiger partial charge in [-0.3, -0.25) is 4.79 Å². The van der Waals surface area contributed by atoms with Crippen LogP contribution in [0, 0.1) is 5.92 Å². The number of phenolic OH excluding ortho intramolecular Hbond substituents is 1. The van der Waals surface area contributed by atoms with Gasteiger partial charge in [-0.1, -0.05) is 32.8 Å². The number of unbranched alkanes of at least 4 members (excludes halogenated alkanes) is 1. The van der Waals surface area contributed by atoms with Crippen LogP contribution in [0.2, 0.25) is 0 Å². The van der Waals surface area contributed by atoms with Gasteiger partial charge >= 0.3 is 0 Å². The van der Waals surface area contributed by atoms with Crippen LogP contribution in [0.1, 0.15) is 33.1 Å². The van der Waals surface area contributed by atoms with Gasteiger partial charge in [0.05, 0.1) is 0 Å². The molecule has 16 heavy (non-hydrogen) atoms. The predicted octanol–water partition coefficient (Wildman–Crippen LogP) is 3.16. The summed E-state index contributed by atoms with van der Waals surface area (Å²) >= 11 is 0. The fourth-order valence-corrected chi connectivity index (χ4v) is 1.49. The average Bonchev–Trinajstić information content (AvgIpc) is 2.25. The molecule has 0 heterocycles. The van der Waals surface area contributed by atoms with E-state index in [9.17, 15) is 9.90 Å². The fourth-order valence-electron chi connectivity index (χ4n) is 1.49.